The molecule has 0 saturated carbocycles. The molecule has 2 aromatic carbocycles. The number of hydrogen-bond donors (Lipinski definition) is 3. The number of aromatic amines is 1. The van der Waals surface area contributed by atoms with E-state index in [4.69, 9.17) is 0 Å². The van der Waals surface area contributed by atoms with Gasteiger partial charge in [-0.15, -0.1) is 21.6 Å². The quantitative estimate of drug-likeness (QED) is 0.344. The Balaban J connectivity index is 1.51. The van der Waals surface area contributed by atoms with Crippen LogP contribution in [0.15, 0.2) is 57.5 Å². The highest BCUT2D eigenvalue weighted by Gasteiger charge is 2.18. The number of thiophene rings is 1. The Morgan fingerprint density at radius 3 is 2.52 bits per heavy atom. The van der Waals surface area contributed by atoms with Gasteiger partial charge in [0.25, 0.3) is 5.56 Å². The van der Waals surface area contributed by atoms with E-state index in [0.29, 0.717) is 16.1 Å². The Morgan fingerprint density at radius 2 is 1.85 bits per heavy atom. The van der Waals surface area contributed by atoms with Gasteiger partial charge < -0.3 is 10.2 Å². The lowest BCUT2D eigenvalue weighted by Gasteiger charge is -2.19. The predicted molar refractivity (Wildman–Crippen MR) is 126 cm³/mol. The Labute approximate surface area is 192 Å². The number of carbonyl (C=O) groups is 1. The van der Waals surface area contributed by atoms with Crippen molar-refractivity contribution in [2.45, 2.75) is 26.7 Å². The van der Waals surface area contributed by atoms with Crippen LogP contribution in [0, 0.1) is 13.8 Å². The van der Waals surface area contributed by atoms with Crippen molar-refractivity contribution in [3.05, 3.63) is 80.1 Å². The van der Waals surface area contributed by atoms with E-state index in [-0.39, 0.29) is 27.6 Å². The summed E-state index contributed by atoms with van der Waals surface area (Å²) in [4.78, 5) is 25.0. The number of carboxylic acids is 1. The van der Waals surface area contributed by atoms with Gasteiger partial charge in [-0.25, -0.2) is 9.48 Å². The number of fused-ring (bicyclic) bond motifs is 1. The van der Waals surface area contributed by atoms with Crippen molar-refractivity contribution in [1.82, 2.24) is 9.78 Å². The van der Waals surface area contributed by atoms with E-state index in [1.807, 2.05) is 25.1 Å². The zero-order chi connectivity index (χ0) is 23.3. The number of carboxylic acid groups (broad SMARTS) is 1. The molecule has 0 aliphatic heterocycles. The number of nitrogens with one attached hydrogen (secondary N) is 1. The van der Waals surface area contributed by atoms with Crippen LogP contribution in [0.25, 0.3) is 16.1 Å². The Morgan fingerprint density at radius 1 is 1.06 bits per heavy atom. The minimum Gasteiger partial charge on any atom is -0.505 e. The molecule has 0 atom stereocenters. The third-order valence-electron chi connectivity index (χ3n) is 5.73. The second kappa shape index (κ2) is 7.86. The molecule has 5 rings (SSSR count). The number of aromatic carboxylic acids is 1. The fourth-order valence-corrected chi connectivity index (χ4v) is 4.75. The molecule has 0 radical (unpaired) electrons. The van der Waals surface area contributed by atoms with E-state index in [9.17, 15) is 19.8 Å². The summed E-state index contributed by atoms with van der Waals surface area (Å²) in [6, 6.07) is 12.5. The van der Waals surface area contributed by atoms with Gasteiger partial charge >= 0.3 is 5.97 Å². The first kappa shape index (κ1) is 20.9. The van der Waals surface area contributed by atoms with Crippen molar-refractivity contribution < 1.29 is 15.0 Å². The molecule has 0 fully saturated rings. The maximum Gasteiger partial charge on any atom is 0.345 e. The van der Waals surface area contributed by atoms with Crippen LogP contribution >= 0.6 is 11.3 Å². The van der Waals surface area contributed by atoms with Crippen LogP contribution < -0.4 is 5.56 Å². The number of benzene rings is 2. The summed E-state index contributed by atoms with van der Waals surface area (Å²) >= 11 is 1.06. The van der Waals surface area contributed by atoms with E-state index in [2.05, 4.69) is 15.3 Å². The number of rotatable bonds is 5. The van der Waals surface area contributed by atoms with Crippen LogP contribution in [0.2, 0.25) is 0 Å². The minimum absolute atomic E-state index is 0.126. The van der Waals surface area contributed by atoms with Gasteiger partial charge in [-0.2, -0.15) is 0 Å². The van der Waals surface area contributed by atoms with Gasteiger partial charge in [0, 0.05) is 10.4 Å². The second-order valence-corrected chi connectivity index (χ2v) is 9.11. The van der Waals surface area contributed by atoms with Crippen LogP contribution in [-0.4, -0.2) is 26.0 Å². The van der Waals surface area contributed by atoms with Crippen LogP contribution in [-0.2, 0) is 12.8 Å². The van der Waals surface area contributed by atoms with Crippen molar-refractivity contribution in [1.29, 1.82) is 0 Å². The number of aromatic hydroxyl groups is 1. The highest BCUT2D eigenvalue weighted by atomic mass is 32.1. The molecule has 8 nitrogen and oxygen atoms in total. The molecule has 0 spiro atoms. The summed E-state index contributed by atoms with van der Waals surface area (Å²) in [6.07, 6.45) is 2.08. The standard InChI is InChI=1S/C24H20N4O4S/c1-12-9-17(19-7-8-20(33-19)24(31)32)22(29)18(10-12)25-26-21-13(2)27-28(23(21)30)16-6-5-14-3-4-15(14)11-16/h5-11,27,29H,3-4H2,1-2H3,(H,31,32). The number of aromatic nitrogens is 2. The van der Waals surface area contributed by atoms with Gasteiger partial charge in [0.1, 0.15) is 10.6 Å². The fourth-order valence-electron chi connectivity index (χ4n) is 3.88. The normalized spacial score (nSPS) is 12.7. The summed E-state index contributed by atoms with van der Waals surface area (Å²) in [5.74, 6) is -1.15. The highest BCUT2D eigenvalue weighted by Crippen LogP contribution is 2.41. The Kier molecular flexibility index (Phi) is 4.98. The Bertz CT molecular complexity index is 1510. The highest BCUT2D eigenvalue weighted by molar-refractivity contribution is 7.17. The lowest BCUT2D eigenvalue weighted by Crippen LogP contribution is -2.16. The van der Waals surface area contributed by atoms with Crippen LogP contribution in [0.5, 0.6) is 5.75 Å². The number of phenols is 1. The van der Waals surface area contributed by atoms with E-state index < -0.39 is 5.97 Å². The minimum atomic E-state index is -1.02. The van der Waals surface area contributed by atoms with Crippen LogP contribution in [0.3, 0.4) is 0 Å². The first-order valence-electron chi connectivity index (χ1n) is 10.3. The molecule has 33 heavy (non-hydrogen) atoms. The monoisotopic (exact) mass is 460 g/mol. The molecule has 1 aliphatic rings. The maximum absolute atomic E-state index is 13.0. The number of phenolic OH excluding ortho intramolecular Hbond substituents is 1. The zero-order valence-corrected chi connectivity index (χ0v) is 18.7. The molecule has 1 aliphatic carbocycles. The van der Waals surface area contributed by atoms with Crippen LogP contribution in [0.4, 0.5) is 11.4 Å². The van der Waals surface area contributed by atoms with Gasteiger partial charge in [-0.3, -0.25) is 9.89 Å². The summed E-state index contributed by atoms with van der Waals surface area (Å²) in [6.45, 7) is 3.58. The fraction of sp³-hybridized carbons (Fsp3) is 0.167. The molecule has 0 saturated heterocycles. The number of H-pyrrole nitrogens is 1. The first-order valence-corrected chi connectivity index (χ1v) is 11.2. The number of aryl methyl sites for hydroxylation is 4. The van der Waals surface area contributed by atoms with Crippen molar-refractivity contribution in [3.8, 4) is 21.9 Å². The third kappa shape index (κ3) is 3.66. The molecule has 9 heteroatoms. The number of nitrogens with zero attached hydrogens (tertiary/aromatic N) is 3. The van der Waals surface area contributed by atoms with Gasteiger partial charge in [-0.1, -0.05) is 6.07 Å². The molecule has 0 unspecified atom stereocenters. The third-order valence-corrected chi connectivity index (χ3v) is 6.83. The van der Waals surface area contributed by atoms with Crippen molar-refractivity contribution in [2.75, 3.05) is 0 Å². The lowest BCUT2D eigenvalue weighted by atomic mass is 9.88. The average molecular weight is 461 g/mol. The number of hydrogen-bond acceptors (Lipinski definition) is 6. The van der Waals surface area contributed by atoms with E-state index in [1.54, 1.807) is 25.1 Å². The SMILES string of the molecule is Cc1cc(N=Nc2c(C)[nH]n(-c3ccc4c(c3)CC4)c2=O)c(O)c(-c2ccc(C(=O)O)s2)c1. The maximum atomic E-state index is 13.0. The first-order chi connectivity index (χ1) is 15.8. The summed E-state index contributed by atoms with van der Waals surface area (Å²) < 4.78 is 1.45. The summed E-state index contributed by atoms with van der Waals surface area (Å²) in [5.41, 5.74) is 5.16. The molecule has 2 heterocycles. The second-order valence-electron chi connectivity index (χ2n) is 8.03. The van der Waals surface area contributed by atoms with Crippen molar-refractivity contribution in [2.24, 2.45) is 10.2 Å². The lowest BCUT2D eigenvalue weighted by molar-refractivity contribution is 0.0702. The molecule has 3 N–H and O–H groups in total. The summed E-state index contributed by atoms with van der Waals surface area (Å²) in [5, 5.41) is 31.3. The van der Waals surface area contributed by atoms with E-state index >= 15 is 0 Å². The molecule has 0 amide bonds. The van der Waals surface area contributed by atoms with Gasteiger partial charge in [0.05, 0.1) is 11.4 Å². The molecule has 4 aromatic rings. The van der Waals surface area contributed by atoms with Crippen LogP contribution in [0.1, 0.15) is 32.1 Å². The Hall–Kier alpha value is -3.98. The average Bonchev–Trinajstić information content (AvgIpc) is 3.35. The molecular formula is C24H20N4O4S. The van der Waals surface area contributed by atoms with Crippen molar-refractivity contribution in [3.63, 3.8) is 0 Å². The van der Waals surface area contributed by atoms with E-state index in [0.717, 1.165) is 35.4 Å². The molecule has 2 aromatic heterocycles. The van der Waals surface area contributed by atoms with Gasteiger partial charge in [-0.05, 0) is 79.8 Å². The van der Waals surface area contributed by atoms with Crippen molar-refractivity contribution >= 4 is 28.7 Å². The smallest absolute Gasteiger partial charge is 0.345 e. The molecule has 0 bridgehead atoms. The number of azo groups is 1. The van der Waals surface area contributed by atoms with Gasteiger partial charge in [0.15, 0.2) is 11.4 Å². The summed E-state index contributed by atoms with van der Waals surface area (Å²) in [7, 11) is 0. The van der Waals surface area contributed by atoms with E-state index in [1.165, 1.54) is 21.9 Å². The zero-order valence-electron chi connectivity index (χ0n) is 17.9. The topological polar surface area (TPSA) is 120 Å². The predicted octanol–water partition coefficient (Wildman–Crippen LogP) is 5.43. The molecular weight excluding hydrogens is 440 g/mol. The molecule has 166 valence electrons. The van der Waals surface area contributed by atoms with Gasteiger partial charge in [0.2, 0.25) is 0 Å². The largest absolute Gasteiger partial charge is 0.505 e.